The van der Waals surface area contributed by atoms with Crippen LogP contribution < -0.4 is 9.62 Å². The zero-order valence-electron chi connectivity index (χ0n) is 18.1. The Balaban J connectivity index is 1.70. The maximum absolute atomic E-state index is 12.2. The highest BCUT2D eigenvalue weighted by Crippen LogP contribution is 2.19. The van der Waals surface area contributed by atoms with Gasteiger partial charge in [-0.25, -0.2) is 8.42 Å². The van der Waals surface area contributed by atoms with Crippen molar-refractivity contribution in [1.29, 1.82) is 0 Å². The van der Waals surface area contributed by atoms with Gasteiger partial charge >= 0.3 is 0 Å². The van der Waals surface area contributed by atoms with E-state index in [1.807, 2.05) is 24.3 Å². The molecule has 2 rings (SSSR count). The van der Waals surface area contributed by atoms with E-state index in [2.05, 4.69) is 43.4 Å². The number of nitrogens with zero attached hydrogens (tertiary/aromatic N) is 1. The number of carbonyl (C=O) groups excluding carboxylic acids is 1. The number of carbonyl (C=O) groups is 1. The first-order valence-electron chi connectivity index (χ1n) is 10.3. The Bertz CT molecular complexity index is 895. The maximum Gasteiger partial charge on any atom is 0.232 e. The molecule has 0 spiro atoms. The van der Waals surface area contributed by atoms with Crippen LogP contribution in [0, 0.1) is 6.92 Å². The zero-order valence-corrected chi connectivity index (χ0v) is 19.7. The van der Waals surface area contributed by atoms with Gasteiger partial charge in [-0.3, -0.25) is 9.10 Å². The molecule has 0 fully saturated rings. The number of benzene rings is 2. The summed E-state index contributed by atoms with van der Waals surface area (Å²) in [4.78, 5) is 12.1. The molecule has 2 aromatic carbocycles. The number of hydrogen-bond donors (Lipinski definition) is 1. The van der Waals surface area contributed by atoms with Crippen LogP contribution in [0.25, 0.3) is 0 Å². The third-order valence-electron chi connectivity index (χ3n) is 4.76. The average Bonchev–Trinajstić information content (AvgIpc) is 2.71. The van der Waals surface area contributed by atoms with Gasteiger partial charge in [0.25, 0.3) is 0 Å². The van der Waals surface area contributed by atoms with Crippen LogP contribution in [0.5, 0.6) is 0 Å². The van der Waals surface area contributed by atoms with Gasteiger partial charge < -0.3 is 5.32 Å². The Labute approximate surface area is 185 Å². The predicted octanol–water partition coefficient (Wildman–Crippen LogP) is 4.15. The number of amides is 1. The van der Waals surface area contributed by atoms with Gasteiger partial charge in [-0.2, -0.15) is 11.8 Å². The van der Waals surface area contributed by atoms with Gasteiger partial charge in [-0.15, -0.1) is 0 Å². The van der Waals surface area contributed by atoms with Crippen molar-refractivity contribution < 1.29 is 13.2 Å². The minimum atomic E-state index is -3.39. The van der Waals surface area contributed by atoms with E-state index in [0.29, 0.717) is 31.6 Å². The molecule has 164 valence electrons. The van der Waals surface area contributed by atoms with Gasteiger partial charge in [0.2, 0.25) is 15.9 Å². The molecular formula is C23H32N2O3S2. The highest BCUT2D eigenvalue weighted by atomic mass is 32.2. The minimum absolute atomic E-state index is 0.0410. The second kappa shape index (κ2) is 12.0. The minimum Gasteiger partial charge on any atom is -0.355 e. The summed E-state index contributed by atoms with van der Waals surface area (Å²) in [6, 6.07) is 16.0. The average molecular weight is 449 g/mol. The molecule has 0 bridgehead atoms. The number of rotatable bonds is 12. The SMILES string of the molecule is CCc1ccc(N(CCCC(=O)NCCSCc2ccc(C)cc2)S(C)(=O)=O)cc1. The monoisotopic (exact) mass is 448 g/mol. The first-order valence-corrected chi connectivity index (χ1v) is 13.3. The number of nitrogens with one attached hydrogen (secondary N) is 1. The number of sulfonamides is 1. The van der Waals surface area contributed by atoms with Crippen molar-refractivity contribution in [2.75, 3.05) is 29.4 Å². The molecule has 0 aliphatic rings. The van der Waals surface area contributed by atoms with Gasteiger partial charge in [-0.05, 0) is 43.0 Å². The third-order valence-corrected chi connectivity index (χ3v) is 6.98. The van der Waals surface area contributed by atoms with Crippen LogP contribution in [0.4, 0.5) is 5.69 Å². The van der Waals surface area contributed by atoms with E-state index in [9.17, 15) is 13.2 Å². The summed E-state index contributed by atoms with van der Waals surface area (Å²) in [6.45, 7) is 5.04. The Morgan fingerprint density at radius 3 is 2.27 bits per heavy atom. The predicted molar refractivity (Wildman–Crippen MR) is 128 cm³/mol. The van der Waals surface area contributed by atoms with Gasteiger partial charge in [0.15, 0.2) is 0 Å². The van der Waals surface area contributed by atoms with E-state index in [1.54, 1.807) is 11.8 Å². The quantitative estimate of drug-likeness (QED) is 0.495. The van der Waals surface area contributed by atoms with E-state index >= 15 is 0 Å². The lowest BCUT2D eigenvalue weighted by molar-refractivity contribution is -0.121. The summed E-state index contributed by atoms with van der Waals surface area (Å²) < 4.78 is 25.7. The number of hydrogen-bond acceptors (Lipinski definition) is 4. The van der Waals surface area contributed by atoms with Gasteiger partial charge in [-0.1, -0.05) is 48.9 Å². The lowest BCUT2D eigenvalue weighted by Crippen LogP contribution is -2.32. The highest BCUT2D eigenvalue weighted by molar-refractivity contribution is 7.98. The molecule has 7 heteroatoms. The largest absolute Gasteiger partial charge is 0.355 e. The molecule has 0 saturated heterocycles. The van der Waals surface area contributed by atoms with Crippen LogP contribution in [-0.2, 0) is 27.0 Å². The van der Waals surface area contributed by atoms with Crippen LogP contribution in [0.1, 0.15) is 36.5 Å². The highest BCUT2D eigenvalue weighted by Gasteiger charge is 2.17. The molecule has 1 N–H and O–H groups in total. The lowest BCUT2D eigenvalue weighted by Gasteiger charge is -2.22. The molecule has 0 aliphatic heterocycles. The molecule has 30 heavy (non-hydrogen) atoms. The molecule has 5 nitrogen and oxygen atoms in total. The molecule has 2 aromatic rings. The summed E-state index contributed by atoms with van der Waals surface area (Å²) in [7, 11) is -3.39. The molecule has 1 amide bonds. The molecule has 0 heterocycles. The van der Waals surface area contributed by atoms with Crippen molar-refractivity contribution in [2.45, 2.75) is 38.9 Å². The van der Waals surface area contributed by atoms with E-state index in [0.717, 1.165) is 23.5 Å². The van der Waals surface area contributed by atoms with E-state index < -0.39 is 10.0 Å². The van der Waals surface area contributed by atoms with Gasteiger partial charge in [0.05, 0.1) is 11.9 Å². The van der Waals surface area contributed by atoms with Gasteiger partial charge in [0.1, 0.15) is 0 Å². The molecule has 0 aromatic heterocycles. The normalized spacial score (nSPS) is 11.3. The van der Waals surface area contributed by atoms with Crippen LogP contribution in [-0.4, -0.2) is 39.4 Å². The summed E-state index contributed by atoms with van der Waals surface area (Å²) in [5, 5.41) is 2.92. The first kappa shape index (κ1) is 24.3. The summed E-state index contributed by atoms with van der Waals surface area (Å²) in [5.74, 6) is 1.73. The second-order valence-electron chi connectivity index (χ2n) is 7.35. The lowest BCUT2D eigenvalue weighted by atomic mass is 10.1. The van der Waals surface area contributed by atoms with Crippen LogP contribution >= 0.6 is 11.8 Å². The van der Waals surface area contributed by atoms with Gasteiger partial charge in [0, 0.05) is 31.0 Å². The van der Waals surface area contributed by atoms with Crippen molar-refractivity contribution in [3.05, 3.63) is 65.2 Å². The summed E-state index contributed by atoms with van der Waals surface area (Å²) in [6.07, 6.45) is 2.89. The summed E-state index contributed by atoms with van der Waals surface area (Å²) in [5.41, 5.74) is 4.34. The Kier molecular flexibility index (Phi) is 9.72. The maximum atomic E-state index is 12.2. The molecule has 0 radical (unpaired) electrons. The molecular weight excluding hydrogens is 416 g/mol. The number of thioether (sulfide) groups is 1. The van der Waals surface area contributed by atoms with Crippen molar-refractivity contribution in [1.82, 2.24) is 5.32 Å². The Morgan fingerprint density at radius 2 is 1.67 bits per heavy atom. The Hall–Kier alpha value is -1.99. The van der Waals surface area contributed by atoms with Crippen LogP contribution in [0.15, 0.2) is 48.5 Å². The standard InChI is InChI=1S/C23H32N2O3S2/c1-4-20-11-13-22(14-12-20)25(30(3,27)28)16-5-6-23(26)24-15-17-29-18-21-9-7-19(2)8-10-21/h7-14H,4-6,15-18H2,1-3H3,(H,24,26). The first-order chi connectivity index (χ1) is 14.3. The van der Waals surface area contributed by atoms with Crippen molar-refractivity contribution in [3.8, 4) is 0 Å². The number of anilines is 1. The van der Waals surface area contributed by atoms with E-state index in [-0.39, 0.29) is 5.91 Å². The fraction of sp³-hybridized carbons (Fsp3) is 0.435. The Morgan fingerprint density at radius 1 is 1.03 bits per heavy atom. The summed E-state index contributed by atoms with van der Waals surface area (Å²) >= 11 is 1.78. The van der Waals surface area contributed by atoms with Crippen LogP contribution in [0.3, 0.4) is 0 Å². The molecule has 0 atom stereocenters. The smallest absolute Gasteiger partial charge is 0.232 e. The molecule has 0 unspecified atom stereocenters. The van der Waals surface area contributed by atoms with E-state index in [4.69, 9.17) is 0 Å². The zero-order chi connectivity index (χ0) is 22.0. The fourth-order valence-corrected chi connectivity index (χ4v) is 4.78. The van der Waals surface area contributed by atoms with Crippen molar-refractivity contribution >= 4 is 33.4 Å². The topological polar surface area (TPSA) is 66.5 Å². The van der Waals surface area contributed by atoms with E-state index in [1.165, 1.54) is 21.7 Å². The fourth-order valence-electron chi connectivity index (χ4n) is 2.99. The van der Waals surface area contributed by atoms with Crippen molar-refractivity contribution in [2.24, 2.45) is 0 Å². The number of aryl methyl sites for hydroxylation is 2. The second-order valence-corrected chi connectivity index (χ2v) is 10.4. The third kappa shape index (κ3) is 8.40. The van der Waals surface area contributed by atoms with Crippen molar-refractivity contribution in [3.63, 3.8) is 0 Å². The molecule has 0 aliphatic carbocycles. The van der Waals surface area contributed by atoms with Crippen LogP contribution in [0.2, 0.25) is 0 Å². The molecule has 0 saturated carbocycles.